The molecule has 0 radical (unpaired) electrons. The van der Waals surface area contributed by atoms with Crippen LogP contribution in [0.3, 0.4) is 0 Å². The molecule has 0 aromatic carbocycles. The zero-order valence-corrected chi connectivity index (χ0v) is 15.8. The maximum absolute atomic E-state index is 11.9. The van der Waals surface area contributed by atoms with E-state index in [1.54, 1.807) is 6.33 Å². The number of rotatable bonds is 10. The van der Waals surface area contributed by atoms with Gasteiger partial charge in [-0.2, -0.15) is 0 Å². The number of piperidine rings is 1. The van der Waals surface area contributed by atoms with Crippen molar-refractivity contribution in [2.45, 2.75) is 58.8 Å². The average molecular weight is 348 g/mol. The number of unbranched alkanes of at least 4 members (excludes halogenated alkanes) is 1. The average Bonchev–Trinajstić information content (AvgIpc) is 2.65. The summed E-state index contributed by atoms with van der Waals surface area (Å²) in [5.41, 5.74) is 0. The third kappa shape index (κ3) is 6.88. The molecule has 6 nitrogen and oxygen atoms in total. The molecule has 0 bridgehead atoms. The Bertz CT molecular complexity index is 522. The Morgan fingerprint density at radius 3 is 2.96 bits per heavy atom. The van der Waals surface area contributed by atoms with Crippen LogP contribution in [-0.2, 0) is 4.79 Å². The largest absolute Gasteiger partial charge is 0.370 e. The summed E-state index contributed by atoms with van der Waals surface area (Å²) in [6.07, 6.45) is 8.84. The van der Waals surface area contributed by atoms with E-state index in [2.05, 4.69) is 39.3 Å². The first-order valence-corrected chi connectivity index (χ1v) is 9.80. The van der Waals surface area contributed by atoms with E-state index in [0.29, 0.717) is 12.3 Å². The van der Waals surface area contributed by atoms with Crippen LogP contribution in [-0.4, -0.2) is 42.1 Å². The fraction of sp³-hybridized carbons (Fsp3) is 0.737. The normalized spacial score (nSPS) is 17.4. The third-order valence-electron chi connectivity index (χ3n) is 4.68. The van der Waals surface area contributed by atoms with Crippen LogP contribution >= 0.6 is 0 Å². The maximum atomic E-state index is 11.9. The summed E-state index contributed by atoms with van der Waals surface area (Å²) in [6, 6.07) is 2.04. The first-order valence-electron chi connectivity index (χ1n) is 9.80. The fourth-order valence-corrected chi connectivity index (χ4v) is 3.21. The molecule has 1 aliphatic rings. The SMILES string of the molecule is CCCCNC(=O)CC[C@@H]1CCCN(c2cc(NCCC)ncn2)C1. The summed E-state index contributed by atoms with van der Waals surface area (Å²) in [4.78, 5) is 23.0. The molecule has 2 heterocycles. The fourth-order valence-electron chi connectivity index (χ4n) is 3.21. The zero-order valence-electron chi connectivity index (χ0n) is 15.8. The highest BCUT2D eigenvalue weighted by molar-refractivity contribution is 5.75. The molecular formula is C19H33N5O. The van der Waals surface area contributed by atoms with Crippen LogP contribution in [0.5, 0.6) is 0 Å². The molecular weight excluding hydrogens is 314 g/mol. The van der Waals surface area contributed by atoms with Crippen molar-refractivity contribution in [1.29, 1.82) is 0 Å². The van der Waals surface area contributed by atoms with Crippen LogP contribution in [0, 0.1) is 5.92 Å². The predicted octanol–water partition coefficient (Wildman–Crippen LogP) is 3.21. The van der Waals surface area contributed by atoms with Gasteiger partial charge in [0.1, 0.15) is 18.0 Å². The number of hydrogen-bond acceptors (Lipinski definition) is 5. The highest BCUT2D eigenvalue weighted by Gasteiger charge is 2.21. The van der Waals surface area contributed by atoms with Gasteiger partial charge in [0.15, 0.2) is 0 Å². The first kappa shape index (κ1) is 19.5. The number of nitrogens with one attached hydrogen (secondary N) is 2. The summed E-state index contributed by atoms with van der Waals surface area (Å²) in [5.74, 6) is 2.64. The van der Waals surface area contributed by atoms with Crippen molar-refractivity contribution >= 4 is 17.5 Å². The molecule has 1 aromatic heterocycles. The number of anilines is 2. The number of carbonyl (C=O) groups excluding carboxylic acids is 1. The number of carbonyl (C=O) groups is 1. The summed E-state index contributed by atoms with van der Waals surface area (Å²) in [6.45, 7) is 8.02. The molecule has 0 unspecified atom stereocenters. The molecule has 1 saturated heterocycles. The van der Waals surface area contributed by atoms with E-state index in [4.69, 9.17) is 0 Å². The van der Waals surface area contributed by atoms with Crippen LogP contribution in [0.2, 0.25) is 0 Å². The molecule has 2 N–H and O–H groups in total. The van der Waals surface area contributed by atoms with E-state index in [-0.39, 0.29) is 5.91 Å². The number of amides is 1. The Hall–Kier alpha value is -1.85. The molecule has 140 valence electrons. The molecule has 1 aliphatic heterocycles. The number of nitrogens with zero attached hydrogens (tertiary/aromatic N) is 3. The maximum Gasteiger partial charge on any atom is 0.220 e. The molecule has 1 amide bonds. The smallest absolute Gasteiger partial charge is 0.220 e. The standard InChI is InChI=1S/C19H33N5O/c1-3-5-11-21-19(25)9-8-16-7-6-12-24(14-16)18-13-17(20-10-4-2)22-15-23-18/h13,15-16H,3-12,14H2,1-2H3,(H,21,25)(H,20,22,23)/t16-/m0/s1. The van der Waals surface area contributed by atoms with Crippen molar-refractivity contribution in [2.24, 2.45) is 5.92 Å². The van der Waals surface area contributed by atoms with E-state index in [1.165, 1.54) is 6.42 Å². The van der Waals surface area contributed by atoms with Gasteiger partial charge in [-0.1, -0.05) is 20.3 Å². The Morgan fingerprint density at radius 1 is 1.28 bits per heavy atom. The van der Waals surface area contributed by atoms with Crippen LogP contribution < -0.4 is 15.5 Å². The minimum atomic E-state index is 0.193. The summed E-state index contributed by atoms with van der Waals surface area (Å²) >= 11 is 0. The van der Waals surface area contributed by atoms with E-state index in [9.17, 15) is 4.79 Å². The van der Waals surface area contributed by atoms with E-state index in [1.807, 2.05) is 6.07 Å². The molecule has 25 heavy (non-hydrogen) atoms. The first-order chi connectivity index (χ1) is 12.2. The van der Waals surface area contributed by atoms with Gasteiger partial charge >= 0.3 is 0 Å². The van der Waals surface area contributed by atoms with Crippen LogP contribution in [0.4, 0.5) is 11.6 Å². The lowest BCUT2D eigenvalue weighted by Gasteiger charge is -2.33. The van der Waals surface area contributed by atoms with Gasteiger partial charge in [0.25, 0.3) is 0 Å². The van der Waals surface area contributed by atoms with Crippen LogP contribution in [0.15, 0.2) is 12.4 Å². The monoisotopic (exact) mass is 347 g/mol. The van der Waals surface area contributed by atoms with Crippen molar-refractivity contribution in [2.75, 3.05) is 36.4 Å². The Morgan fingerprint density at radius 2 is 2.16 bits per heavy atom. The van der Waals surface area contributed by atoms with Crippen molar-refractivity contribution in [3.05, 3.63) is 12.4 Å². The van der Waals surface area contributed by atoms with Gasteiger partial charge in [0.05, 0.1) is 0 Å². The van der Waals surface area contributed by atoms with Gasteiger partial charge in [-0.3, -0.25) is 4.79 Å². The van der Waals surface area contributed by atoms with Crippen LogP contribution in [0.25, 0.3) is 0 Å². The minimum Gasteiger partial charge on any atom is -0.370 e. The van der Waals surface area contributed by atoms with Gasteiger partial charge < -0.3 is 15.5 Å². The number of hydrogen-bond donors (Lipinski definition) is 2. The van der Waals surface area contributed by atoms with Crippen LogP contribution in [0.1, 0.15) is 58.8 Å². The highest BCUT2D eigenvalue weighted by atomic mass is 16.1. The summed E-state index contributed by atoms with van der Waals surface area (Å²) in [5, 5.41) is 6.33. The summed E-state index contributed by atoms with van der Waals surface area (Å²) < 4.78 is 0. The molecule has 1 fully saturated rings. The third-order valence-corrected chi connectivity index (χ3v) is 4.68. The zero-order chi connectivity index (χ0) is 17.9. The van der Waals surface area contributed by atoms with Gasteiger partial charge in [-0.15, -0.1) is 0 Å². The van der Waals surface area contributed by atoms with Gasteiger partial charge in [0, 0.05) is 38.7 Å². The molecule has 0 aliphatic carbocycles. The molecule has 0 spiro atoms. The van der Waals surface area contributed by atoms with Gasteiger partial charge in [-0.05, 0) is 38.0 Å². The van der Waals surface area contributed by atoms with Crippen molar-refractivity contribution in [3.63, 3.8) is 0 Å². The highest BCUT2D eigenvalue weighted by Crippen LogP contribution is 2.25. The van der Waals surface area contributed by atoms with Crippen molar-refractivity contribution in [1.82, 2.24) is 15.3 Å². The van der Waals surface area contributed by atoms with Crippen molar-refractivity contribution in [3.8, 4) is 0 Å². The lowest BCUT2D eigenvalue weighted by atomic mass is 9.93. The molecule has 1 aromatic rings. The second kappa shape index (κ2) is 10.9. The lowest BCUT2D eigenvalue weighted by Crippen LogP contribution is -2.36. The number of aromatic nitrogens is 2. The lowest BCUT2D eigenvalue weighted by molar-refractivity contribution is -0.121. The molecule has 6 heteroatoms. The molecule has 2 rings (SSSR count). The van der Waals surface area contributed by atoms with Crippen molar-refractivity contribution < 1.29 is 4.79 Å². The van der Waals surface area contributed by atoms with Gasteiger partial charge in [0.2, 0.25) is 5.91 Å². The Balaban J connectivity index is 1.81. The van der Waals surface area contributed by atoms with E-state index >= 15 is 0 Å². The van der Waals surface area contributed by atoms with E-state index < -0.39 is 0 Å². The minimum absolute atomic E-state index is 0.193. The molecule has 1 atom stereocenters. The molecule has 0 saturated carbocycles. The Kier molecular flexibility index (Phi) is 8.49. The Labute approximate surface area is 151 Å². The topological polar surface area (TPSA) is 70.2 Å². The quantitative estimate of drug-likeness (QED) is 0.636. The van der Waals surface area contributed by atoms with E-state index in [0.717, 1.165) is 69.9 Å². The summed E-state index contributed by atoms with van der Waals surface area (Å²) in [7, 11) is 0. The predicted molar refractivity (Wildman–Crippen MR) is 103 cm³/mol. The van der Waals surface area contributed by atoms with Gasteiger partial charge in [-0.25, -0.2) is 9.97 Å². The second-order valence-corrected chi connectivity index (χ2v) is 6.88. The second-order valence-electron chi connectivity index (χ2n) is 6.88.